The Balaban J connectivity index is 2.05. The molecule has 0 amide bonds. The van der Waals surface area contributed by atoms with Crippen LogP contribution in [-0.2, 0) is 0 Å². The molecule has 1 aliphatic rings. The van der Waals surface area contributed by atoms with Crippen molar-refractivity contribution in [1.29, 1.82) is 0 Å². The second-order valence-corrected chi connectivity index (χ2v) is 6.16. The lowest BCUT2D eigenvalue weighted by Crippen LogP contribution is -2.11. The summed E-state index contributed by atoms with van der Waals surface area (Å²) in [6.07, 6.45) is 0. The number of hydrogen-bond donors (Lipinski definition) is 1. The fraction of sp³-hybridized carbons (Fsp3) is 0.211. The molecule has 0 unspecified atom stereocenters. The number of rotatable bonds is 4. The summed E-state index contributed by atoms with van der Waals surface area (Å²) in [4.78, 5) is 27.3. The Bertz CT molecular complexity index is 1180. The molecular weight excluding hydrogens is 368 g/mol. The van der Waals surface area contributed by atoms with Crippen LogP contribution in [0.1, 0.15) is 5.56 Å². The highest BCUT2D eigenvalue weighted by atomic mass is 16.7. The zero-order valence-corrected chi connectivity index (χ0v) is 15.3. The summed E-state index contributed by atoms with van der Waals surface area (Å²) in [6, 6.07) is 6.13. The Hall–Kier alpha value is -3.75. The highest BCUT2D eigenvalue weighted by Gasteiger charge is 2.27. The van der Waals surface area contributed by atoms with Crippen LogP contribution in [0.15, 0.2) is 29.1 Å². The zero-order valence-electron chi connectivity index (χ0n) is 15.3. The number of fused-ring (bicyclic) bond motifs is 2. The predicted molar refractivity (Wildman–Crippen MR) is 101 cm³/mol. The molecular formula is C19H16N2O7. The second kappa shape index (κ2) is 6.45. The lowest BCUT2D eigenvalue weighted by Gasteiger charge is -2.14. The number of nitrogens with zero attached hydrogens (tertiary/aromatic N) is 1. The van der Waals surface area contributed by atoms with E-state index in [1.807, 2.05) is 0 Å². The molecule has 0 saturated heterocycles. The van der Waals surface area contributed by atoms with Crippen LogP contribution >= 0.6 is 0 Å². The molecule has 2 heterocycles. The van der Waals surface area contributed by atoms with Crippen molar-refractivity contribution >= 4 is 16.6 Å². The van der Waals surface area contributed by atoms with Gasteiger partial charge < -0.3 is 23.9 Å². The van der Waals surface area contributed by atoms with Crippen molar-refractivity contribution in [1.82, 2.24) is 4.98 Å². The van der Waals surface area contributed by atoms with Crippen LogP contribution in [0.5, 0.6) is 23.0 Å². The van der Waals surface area contributed by atoms with E-state index in [2.05, 4.69) is 4.98 Å². The van der Waals surface area contributed by atoms with Crippen molar-refractivity contribution in [3.05, 3.63) is 50.2 Å². The average molecular weight is 384 g/mol. The lowest BCUT2D eigenvalue weighted by molar-refractivity contribution is -0.384. The van der Waals surface area contributed by atoms with Gasteiger partial charge in [0, 0.05) is 11.6 Å². The quantitative estimate of drug-likeness (QED) is 0.543. The fourth-order valence-electron chi connectivity index (χ4n) is 3.34. The number of nitrogens with one attached hydrogen (secondary N) is 1. The monoisotopic (exact) mass is 384 g/mol. The first-order valence-electron chi connectivity index (χ1n) is 8.32. The first-order valence-corrected chi connectivity index (χ1v) is 8.32. The molecule has 4 rings (SSSR count). The SMILES string of the molecule is COc1ccc2[nH]c(-c3cc4c(cc3[N+](=O)[O-])OCO4)c(C)c(=O)c2c1OC. The number of aromatic nitrogens is 1. The third-order valence-electron chi connectivity index (χ3n) is 4.70. The molecule has 9 nitrogen and oxygen atoms in total. The first-order chi connectivity index (χ1) is 13.5. The van der Waals surface area contributed by atoms with Gasteiger partial charge in [-0.3, -0.25) is 14.9 Å². The topological polar surface area (TPSA) is 113 Å². The molecule has 1 N–H and O–H groups in total. The van der Waals surface area contributed by atoms with E-state index >= 15 is 0 Å². The molecule has 1 aliphatic heterocycles. The van der Waals surface area contributed by atoms with Crippen molar-refractivity contribution in [3.63, 3.8) is 0 Å². The minimum absolute atomic E-state index is 0.0137. The van der Waals surface area contributed by atoms with E-state index in [-0.39, 0.29) is 23.5 Å². The maximum atomic E-state index is 13.1. The maximum Gasteiger partial charge on any atom is 0.282 e. The largest absolute Gasteiger partial charge is 0.493 e. The van der Waals surface area contributed by atoms with Crippen LogP contribution in [-0.4, -0.2) is 30.9 Å². The summed E-state index contributed by atoms with van der Waals surface area (Å²) in [5.74, 6) is 1.40. The number of ether oxygens (including phenoxy) is 4. The molecule has 28 heavy (non-hydrogen) atoms. The molecule has 0 saturated carbocycles. The Morgan fingerprint density at radius 2 is 1.86 bits per heavy atom. The normalized spacial score (nSPS) is 12.2. The number of H-pyrrole nitrogens is 1. The molecule has 0 aliphatic carbocycles. The smallest absolute Gasteiger partial charge is 0.282 e. The van der Waals surface area contributed by atoms with Crippen molar-refractivity contribution < 1.29 is 23.9 Å². The number of hydrogen-bond acceptors (Lipinski definition) is 7. The minimum Gasteiger partial charge on any atom is -0.493 e. The van der Waals surface area contributed by atoms with Gasteiger partial charge in [0.15, 0.2) is 28.4 Å². The molecule has 1 aromatic heterocycles. The number of pyridine rings is 1. The number of aromatic amines is 1. The number of nitro benzene ring substituents is 1. The third kappa shape index (κ3) is 2.51. The van der Waals surface area contributed by atoms with E-state index in [0.717, 1.165) is 0 Å². The molecule has 3 aromatic rings. The fourth-order valence-corrected chi connectivity index (χ4v) is 3.34. The summed E-state index contributed by atoms with van der Waals surface area (Å²) in [7, 11) is 2.93. The molecule has 0 atom stereocenters. The van der Waals surface area contributed by atoms with Gasteiger partial charge in [0.05, 0.1) is 47.4 Å². The van der Waals surface area contributed by atoms with Crippen LogP contribution in [0, 0.1) is 17.0 Å². The van der Waals surface area contributed by atoms with Gasteiger partial charge in [-0.25, -0.2) is 0 Å². The molecule has 0 bridgehead atoms. The summed E-state index contributed by atoms with van der Waals surface area (Å²) < 4.78 is 21.2. The van der Waals surface area contributed by atoms with E-state index in [1.165, 1.54) is 26.4 Å². The standard InChI is InChI=1S/C19H16N2O7/c1-9-17(10-6-14-15(28-8-27-14)7-12(10)21(23)24)20-11-4-5-13(25-2)19(26-3)16(11)18(9)22/h4-7H,8H2,1-3H3,(H,20,22). The summed E-state index contributed by atoms with van der Waals surface area (Å²) >= 11 is 0. The van der Waals surface area contributed by atoms with E-state index in [1.54, 1.807) is 19.1 Å². The predicted octanol–water partition coefficient (Wildman–Crippen LogP) is 3.16. The van der Waals surface area contributed by atoms with Crippen molar-refractivity contribution in [2.24, 2.45) is 0 Å². The molecule has 0 radical (unpaired) electrons. The van der Waals surface area contributed by atoms with E-state index < -0.39 is 4.92 Å². The van der Waals surface area contributed by atoms with Gasteiger partial charge in [0.2, 0.25) is 6.79 Å². The molecule has 9 heteroatoms. The molecule has 2 aromatic carbocycles. The van der Waals surface area contributed by atoms with Gasteiger partial charge in [-0.2, -0.15) is 0 Å². The van der Waals surface area contributed by atoms with Crippen molar-refractivity contribution in [3.8, 4) is 34.3 Å². The van der Waals surface area contributed by atoms with Crippen LogP contribution < -0.4 is 24.4 Å². The maximum absolute atomic E-state index is 13.1. The number of nitro groups is 1. The highest BCUT2D eigenvalue weighted by Crippen LogP contribution is 2.43. The van der Waals surface area contributed by atoms with Crippen molar-refractivity contribution in [2.75, 3.05) is 21.0 Å². The first kappa shape index (κ1) is 17.7. The van der Waals surface area contributed by atoms with Crippen LogP contribution in [0.2, 0.25) is 0 Å². The van der Waals surface area contributed by atoms with Gasteiger partial charge in [0.25, 0.3) is 5.69 Å². The van der Waals surface area contributed by atoms with Gasteiger partial charge >= 0.3 is 0 Å². The Kier molecular flexibility index (Phi) is 4.07. The Labute approximate surface area is 158 Å². The third-order valence-corrected chi connectivity index (χ3v) is 4.70. The highest BCUT2D eigenvalue weighted by molar-refractivity contribution is 5.91. The van der Waals surface area contributed by atoms with Crippen LogP contribution in [0.3, 0.4) is 0 Å². The molecule has 0 spiro atoms. The van der Waals surface area contributed by atoms with E-state index in [9.17, 15) is 14.9 Å². The van der Waals surface area contributed by atoms with Gasteiger partial charge in [0.1, 0.15) is 0 Å². The van der Waals surface area contributed by atoms with Crippen LogP contribution in [0.25, 0.3) is 22.2 Å². The minimum atomic E-state index is -0.520. The zero-order chi connectivity index (χ0) is 20.0. The van der Waals surface area contributed by atoms with Gasteiger partial charge in [-0.05, 0) is 19.1 Å². The lowest BCUT2D eigenvalue weighted by atomic mass is 10.0. The van der Waals surface area contributed by atoms with E-state index in [4.69, 9.17) is 18.9 Å². The average Bonchev–Trinajstić information content (AvgIpc) is 3.16. The van der Waals surface area contributed by atoms with Gasteiger partial charge in [-0.1, -0.05) is 0 Å². The Morgan fingerprint density at radius 1 is 1.14 bits per heavy atom. The van der Waals surface area contributed by atoms with Crippen molar-refractivity contribution in [2.45, 2.75) is 6.92 Å². The summed E-state index contributed by atoms with van der Waals surface area (Å²) in [5, 5.41) is 11.9. The molecule has 144 valence electrons. The summed E-state index contributed by atoms with van der Waals surface area (Å²) in [5.41, 5.74) is 0.834. The second-order valence-electron chi connectivity index (χ2n) is 6.16. The van der Waals surface area contributed by atoms with E-state index in [0.29, 0.717) is 45.2 Å². The summed E-state index contributed by atoms with van der Waals surface area (Å²) in [6.45, 7) is 1.58. The number of benzene rings is 2. The Morgan fingerprint density at radius 3 is 2.50 bits per heavy atom. The van der Waals surface area contributed by atoms with Crippen LogP contribution in [0.4, 0.5) is 5.69 Å². The number of methoxy groups -OCH3 is 2. The molecule has 0 fully saturated rings. The van der Waals surface area contributed by atoms with Gasteiger partial charge in [-0.15, -0.1) is 0 Å².